The van der Waals surface area contributed by atoms with Gasteiger partial charge < -0.3 is 10.4 Å². The van der Waals surface area contributed by atoms with Crippen molar-refractivity contribution in [2.24, 2.45) is 5.92 Å². The molecule has 0 aliphatic heterocycles. The zero-order valence-corrected chi connectivity index (χ0v) is 10.5. The first-order chi connectivity index (χ1) is 8.17. The molecule has 0 aromatic carbocycles. The Labute approximate surface area is 105 Å². The van der Waals surface area contributed by atoms with E-state index in [2.05, 4.69) is 22.2 Å². The number of aromatic nitrogens is 2. The van der Waals surface area contributed by atoms with Crippen LogP contribution < -0.4 is 5.32 Å². The molecule has 96 valence electrons. The van der Waals surface area contributed by atoms with Gasteiger partial charge in [0.05, 0.1) is 6.20 Å². The molecule has 1 atom stereocenters. The molecule has 1 heterocycles. The van der Waals surface area contributed by atoms with Gasteiger partial charge in [0.25, 0.3) is 0 Å². The molecule has 0 saturated heterocycles. The van der Waals surface area contributed by atoms with Crippen LogP contribution in [0, 0.1) is 11.7 Å². The number of anilines is 1. The van der Waals surface area contributed by atoms with Crippen molar-refractivity contribution in [2.75, 3.05) is 18.5 Å². The van der Waals surface area contributed by atoms with E-state index in [9.17, 15) is 4.39 Å². The SMILES string of the molecule is CCCC(CCO)CNc1nc(Cl)ncc1F. The van der Waals surface area contributed by atoms with Crippen molar-refractivity contribution in [1.82, 2.24) is 9.97 Å². The molecule has 4 nitrogen and oxygen atoms in total. The van der Waals surface area contributed by atoms with Gasteiger partial charge in [0.1, 0.15) is 0 Å². The summed E-state index contributed by atoms with van der Waals surface area (Å²) >= 11 is 5.59. The maximum atomic E-state index is 13.3. The van der Waals surface area contributed by atoms with E-state index in [0.29, 0.717) is 18.9 Å². The molecule has 0 aliphatic rings. The van der Waals surface area contributed by atoms with E-state index < -0.39 is 5.82 Å². The normalized spacial score (nSPS) is 12.5. The molecule has 2 N–H and O–H groups in total. The van der Waals surface area contributed by atoms with Crippen LogP contribution in [0.2, 0.25) is 5.28 Å². The highest BCUT2D eigenvalue weighted by atomic mass is 35.5. The number of halogens is 2. The van der Waals surface area contributed by atoms with Crippen molar-refractivity contribution in [2.45, 2.75) is 26.2 Å². The Hall–Kier alpha value is -0.940. The molecule has 0 amide bonds. The molecule has 6 heteroatoms. The number of hydrogen-bond donors (Lipinski definition) is 2. The maximum absolute atomic E-state index is 13.3. The average Bonchev–Trinajstić information content (AvgIpc) is 2.30. The van der Waals surface area contributed by atoms with E-state index in [-0.39, 0.29) is 17.7 Å². The quantitative estimate of drug-likeness (QED) is 0.741. The van der Waals surface area contributed by atoms with Crippen LogP contribution in [0.25, 0.3) is 0 Å². The van der Waals surface area contributed by atoms with Crippen LogP contribution >= 0.6 is 11.6 Å². The summed E-state index contributed by atoms with van der Waals surface area (Å²) in [6, 6.07) is 0. The fourth-order valence-electron chi connectivity index (χ4n) is 1.65. The largest absolute Gasteiger partial charge is 0.396 e. The Morgan fingerprint density at radius 1 is 1.53 bits per heavy atom. The van der Waals surface area contributed by atoms with E-state index in [1.54, 1.807) is 0 Å². The van der Waals surface area contributed by atoms with Crippen LogP contribution in [0.1, 0.15) is 26.2 Å². The van der Waals surface area contributed by atoms with E-state index in [4.69, 9.17) is 16.7 Å². The lowest BCUT2D eigenvalue weighted by Gasteiger charge is -2.16. The third-order valence-corrected chi connectivity index (χ3v) is 2.69. The molecule has 0 fully saturated rings. The van der Waals surface area contributed by atoms with E-state index in [1.807, 2.05) is 0 Å². The fourth-order valence-corrected chi connectivity index (χ4v) is 1.78. The first kappa shape index (κ1) is 14.1. The van der Waals surface area contributed by atoms with Crippen LogP contribution in [0.15, 0.2) is 6.20 Å². The molecule has 0 radical (unpaired) electrons. The van der Waals surface area contributed by atoms with Gasteiger partial charge in [0.2, 0.25) is 5.28 Å². The van der Waals surface area contributed by atoms with Crippen LogP contribution in [-0.4, -0.2) is 28.2 Å². The van der Waals surface area contributed by atoms with Gasteiger partial charge in [-0.3, -0.25) is 0 Å². The van der Waals surface area contributed by atoms with E-state index in [0.717, 1.165) is 19.0 Å². The van der Waals surface area contributed by atoms with Crippen molar-refractivity contribution in [3.63, 3.8) is 0 Å². The Balaban J connectivity index is 2.55. The van der Waals surface area contributed by atoms with Crippen molar-refractivity contribution in [3.05, 3.63) is 17.3 Å². The number of aliphatic hydroxyl groups is 1. The van der Waals surface area contributed by atoms with Gasteiger partial charge in [0.15, 0.2) is 11.6 Å². The van der Waals surface area contributed by atoms with Crippen LogP contribution in [0.3, 0.4) is 0 Å². The average molecular weight is 262 g/mol. The highest BCUT2D eigenvalue weighted by Gasteiger charge is 2.10. The van der Waals surface area contributed by atoms with Crippen LogP contribution in [0.5, 0.6) is 0 Å². The van der Waals surface area contributed by atoms with Gasteiger partial charge in [-0.1, -0.05) is 13.3 Å². The monoisotopic (exact) mass is 261 g/mol. The predicted molar refractivity (Wildman–Crippen MR) is 65.6 cm³/mol. The molecule has 1 aromatic rings. The molecule has 1 unspecified atom stereocenters. The van der Waals surface area contributed by atoms with Crippen molar-refractivity contribution < 1.29 is 9.50 Å². The minimum absolute atomic E-state index is 0.0168. The zero-order chi connectivity index (χ0) is 12.7. The topological polar surface area (TPSA) is 58.0 Å². The number of nitrogens with one attached hydrogen (secondary N) is 1. The summed E-state index contributed by atoms with van der Waals surface area (Å²) < 4.78 is 13.3. The first-order valence-corrected chi connectivity index (χ1v) is 6.08. The molecular formula is C11H17ClFN3O. The van der Waals surface area contributed by atoms with Gasteiger partial charge in [0, 0.05) is 13.2 Å². The van der Waals surface area contributed by atoms with Crippen molar-refractivity contribution in [1.29, 1.82) is 0 Å². The first-order valence-electron chi connectivity index (χ1n) is 5.70. The molecule has 17 heavy (non-hydrogen) atoms. The summed E-state index contributed by atoms with van der Waals surface area (Å²) in [7, 11) is 0. The third-order valence-electron chi connectivity index (χ3n) is 2.51. The molecule has 0 aliphatic carbocycles. The summed E-state index contributed by atoms with van der Waals surface area (Å²) in [6.45, 7) is 2.78. The second-order valence-electron chi connectivity index (χ2n) is 3.88. The lowest BCUT2D eigenvalue weighted by Crippen LogP contribution is -2.17. The molecule has 0 spiro atoms. The minimum atomic E-state index is -0.520. The molecule has 0 bridgehead atoms. The maximum Gasteiger partial charge on any atom is 0.224 e. The van der Waals surface area contributed by atoms with Gasteiger partial charge in [-0.25, -0.2) is 9.37 Å². The smallest absolute Gasteiger partial charge is 0.224 e. The Kier molecular flexibility index (Phi) is 6.15. The van der Waals surface area contributed by atoms with Crippen molar-refractivity contribution >= 4 is 17.4 Å². The van der Waals surface area contributed by atoms with Gasteiger partial charge in [-0.15, -0.1) is 0 Å². The van der Waals surface area contributed by atoms with E-state index in [1.165, 1.54) is 0 Å². The minimum Gasteiger partial charge on any atom is -0.396 e. The van der Waals surface area contributed by atoms with Gasteiger partial charge in [-0.2, -0.15) is 4.98 Å². The second-order valence-corrected chi connectivity index (χ2v) is 4.22. The van der Waals surface area contributed by atoms with Crippen LogP contribution in [-0.2, 0) is 0 Å². The summed E-state index contributed by atoms with van der Waals surface area (Å²) in [5, 5.41) is 11.8. The third kappa shape index (κ3) is 4.83. The lowest BCUT2D eigenvalue weighted by atomic mass is 10.0. The second kappa shape index (κ2) is 7.40. The summed E-state index contributed by atoms with van der Waals surface area (Å²) in [5.74, 6) is -0.101. The summed E-state index contributed by atoms with van der Waals surface area (Å²) in [5.41, 5.74) is 0. The highest BCUT2D eigenvalue weighted by Crippen LogP contribution is 2.15. The Morgan fingerprint density at radius 2 is 2.29 bits per heavy atom. The number of rotatable bonds is 7. The number of aliphatic hydroxyl groups excluding tert-OH is 1. The zero-order valence-electron chi connectivity index (χ0n) is 9.79. The lowest BCUT2D eigenvalue weighted by molar-refractivity contribution is 0.255. The Bertz CT molecular complexity index is 345. The Morgan fingerprint density at radius 3 is 2.94 bits per heavy atom. The number of nitrogens with zero attached hydrogens (tertiary/aromatic N) is 2. The molecule has 1 rings (SSSR count). The molecular weight excluding hydrogens is 245 g/mol. The van der Waals surface area contributed by atoms with E-state index >= 15 is 0 Å². The fraction of sp³-hybridized carbons (Fsp3) is 0.636. The predicted octanol–water partition coefficient (Wildman–Crippen LogP) is 2.48. The van der Waals surface area contributed by atoms with Gasteiger partial charge in [-0.05, 0) is 30.4 Å². The van der Waals surface area contributed by atoms with Gasteiger partial charge >= 0.3 is 0 Å². The number of hydrogen-bond acceptors (Lipinski definition) is 4. The van der Waals surface area contributed by atoms with Crippen LogP contribution in [0.4, 0.5) is 10.2 Å². The molecule has 1 aromatic heterocycles. The summed E-state index contributed by atoms with van der Waals surface area (Å²) in [4.78, 5) is 7.31. The van der Waals surface area contributed by atoms with Crippen molar-refractivity contribution in [3.8, 4) is 0 Å². The summed E-state index contributed by atoms with van der Waals surface area (Å²) in [6.07, 6.45) is 3.74. The highest BCUT2D eigenvalue weighted by molar-refractivity contribution is 6.28. The molecule has 0 saturated carbocycles. The standard InChI is InChI=1S/C11H17ClFN3O/c1-2-3-8(4-5-17)6-14-10-9(13)7-15-11(12)16-10/h7-8,17H,2-6H2,1H3,(H,14,15,16).